The van der Waals surface area contributed by atoms with Crippen LogP contribution in [-0.4, -0.2) is 29.3 Å². The molecule has 0 bridgehead atoms. The molecule has 0 saturated carbocycles. The van der Waals surface area contributed by atoms with E-state index in [1.807, 2.05) is 0 Å². The molecule has 0 aliphatic rings. The van der Waals surface area contributed by atoms with Crippen LogP contribution >= 0.6 is 0 Å². The van der Waals surface area contributed by atoms with Gasteiger partial charge in [0, 0.05) is 12.5 Å². The molecule has 1 aromatic carbocycles. The first kappa shape index (κ1) is 12.2. The van der Waals surface area contributed by atoms with E-state index in [0.29, 0.717) is 5.56 Å². The van der Waals surface area contributed by atoms with Crippen molar-refractivity contribution in [3.05, 3.63) is 23.8 Å². The predicted molar refractivity (Wildman–Crippen MR) is 57.4 cm³/mol. The number of rotatable bonds is 2. The van der Waals surface area contributed by atoms with Gasteiger partial charge in [-0.05, 0) is 24.6 Å². The zero-order valence-corrected chi connectivity index (χ0v) is 10.3. The van der Waals surface area contributed by atoms with Crippen molar-refractivity contribution >= 4 is 19.7 Å². The van der Waals surface area contributed by atoms with E-state index in [-0.39, 0.29) is 9.79 Å². The normalized spacial score (nSPS) is 12.7. The molecule has 0 heterocycles. The molecule has 0 atom stereocenters. The lowest BCUT2D eigenvalue weighted by atomic mass is 10.2. The van der Waals surface area contributed by atoms with E-state index < -0.39 is 19.7 Å². The number of hydrogen-bond donors (Lipinski definition) is 0. The van der Waals surface area contributed by atoms with Crippen molar-refractivity contribution in [1.82, 2.24) is 0 Å². The Morgan fingerprint density at radius 3 is 1.73 bits per heavy atom. The molecule has 0 fully saturated rings. The van der Waals surface area contributed by atoms with Gasteiger partial charge in [0.25, 0.3) is 0 Å². The van der Waals surface area contributed by atoms with Gasteiger partial charge < -0.3 is 0 Å². The van der Waals surface area contributed by atoms with Crippen LogP contribution in [0.15, 0.2) is 28.0 Å². The van der Waals surface area contributed by atoms with Crippen molar-refractivity contribution in [2.45, 2.75) is 16.7 Å². The van der Waals surface area contributed by atoms with Crippen LogP contribution in [-0.2, 0) is 19.7 Å². The SMILES string of the molecule is Cc1ccc(S(C)(=O)=O)c(S(C)(=O)=O)c1. The summed E-state index contributed by atoms with van der Waals surface area (Å²) in [4.78, 5) is -0.277. The second-order valence-corrected chi connectivity index (χ2v) is 7.46. The fourth-order valence-electron chi connectivity index (χ4n) is 1.21. The highest BCUT2D eigenvalue weighted by atomic mass is 32.2. The molecule has 15 heavy (non-hydrogen) atoms. The summed E-state index contributed by atoms with van der Waals surface area (Å²) < 4.78 is 45.5. The van der Waals surface area contributed by atoms with Gasteiger partial charge in [0.05, 0.1) is 9.79 Å². The van der Waals surface area contributed by atoms with E-state index >= 15 is 0 Å². The summed E-state index contributed by atoms with van der Waals surface area (Å²) in [6.45, 7) is 1.71. The quantitative estimate of drug-likeness (QED) is 0.776. The first-order valence-electron chi connectivity index (χ1n) is 4.13. The zero-order valence-electron chi connectivity index (χ0n) is 8.68. The lowest BCUT2D eigenvalue weighted by Gasteiger charge is -2.06. The molecule has 0 aromatic heterocycles. The monoisotopic (exact) mass is 248 g/mol. The van der Waals surface area contributed by atoms with Crippen molar-refractivity contribution in [2.24, 2.45) is 0 Å². The van der Waals surface area contributed by atoms with Crippen molar-refractivity contribution in [1.29, 1.82) is 0 Å². The molecule has 1 aromatic rings. The van der Waals surface area contributed by atoms with E-state index in [1.165, 1.54) is 12.1 Å². The van der Waals surface area contributed by atoms with Crippen LogP contribution in [0.3, 0.4) is 0 Å². The fraction of sp³-hybridized carbons (Fsp3) is 0.333. The van der Waals surface area contributed by atoms with Gasteiger partial charge in [-0.25, -0.2) is 16.8 Å². The highest BCUT2D eigenvalue weighted by Crippen LogP contribution is 2.21. The Kier molecular flexibility index (Phi) is 2.93. The molecule has 4 nitrogen and oxygen atoms in total. The Balaban J connectivity index is 3.71. The number of sulfone groups is 2. The number of aryl methyl sites for hydroxylation is 1. The topological polar surface area (TPSA) is 68.3 Å². The van der Waals surface area contributed by atoms with Crippen LogP contribution < -0.4 is 0 Å². The summed E-state index contributed by atoms with van der Waals surface area (Å²) in [6.07, 6.45) is 1.99. The summed E-state index contributed by atoms with van der Waals surface area (Å²) in [5.74, 6) is 0. The molecule has 0 aliphatic carbocycles. The third kappa shape index (κ3) is 2.79. The average Bonchev–Trinajstić information content (AvgIpc) is 2.00. The maximum atomic E-state index is 11.4. The summed E-state index contributed by atoms with van der Waals surface area (Å²) in [5, 5.41) is 0. The summed E-state index contributed by atoms with van der Waals surface area (Å²) in [6, 6.07) is 4.26. The van der Waals surface area contributed by atoms with Gasteiger partial charge in [-0.2, -0.15) is 0 Å². The van der Waals surface area contributed by atoms with Crippen LogP contribution in [0.4, 0.5) is 0 Å². The fourth-order valence-corrected chi connectivity index (χ4v) is 3.69. The maximum absolute atomic E-state index is 11.4. The van der Waals surface area contributed by atoms with Gasteiger partial charge in [0.1, 0.15) is 0 Å². The molecule has 0 N–H and O–H groups in total. The molecule has 0 radical (unpaired) electrons. The van der Waals surface area contributed by atoms with E-state index in [9.17, 15) is 16.8 Å². The summed E-state index contributed by atoms with van der Waals surface area (Å²) >= 11 is 0. The van der Waals surface area contributed by atoms with Crippen LogP contribution in [0.1, 0.15) is 5.56 Å². The molecule has 1 rings (SSSR count). The third-order valence-corrected chi connectivity index (χ3v) is 4.32. The Bertz CT molecular complexity index is 583. The van der Waals surface area contributed by atoms with Gasteiger partial charge in [-0.1, -0.05) is 6.07 Å². The second kappa shape index (κ2) is 3.61. The van der Waals surface area contributed by atoms with Crippen molar-refractivity contribution in [2.75, 3.05) is 12.5 Å². The highest BCUT2D eigenvalue weighted by molar-refractivity contribution is 7.93. The number of benzene rings is 1. The minimum absolute atomic E-state index is 0.134. The molecule has 84 valence electrons. The number of hydrogen-bond acceptors (Lipinski definition) is 4. The molecule has 0 amide bonds. The Labute approximate surface area is 89.8 Å². The summed E-state index contributed by atoms with van der Waals surface area (Å²) in [7, 11) is -7.03. The zero-order chi connectivity index (χ0) is 11.9. The minimum Gasteiger partial charge on any atom is -0.224 e. The van der Waals surface area contributed by atoms with E-state index in [0.717, 1.165) is 12.5 Å². The Hall–Kier alpha value is -0.880. The lowest BCUT2D eigenvalue weighted by Crippen LogP contribution is -2.07. The van der Waals surface area contributed by atoms with Gasteiger partial charge in [-0.3, -0.25) is 0 Å². The highest BCUT2D eigenvalue weighted by Gasteiger charge is 2.20. The molecular formula is C9H12O4S2. The van der Waals surface area contributed by atoms with Gasteiger partial charge in [0.15, 0.2) is 19.7 Å². The van der Waals surface area contributed by atoms with Crippen LogP contribution in [0.25, 0.3) is 0 Å². The Morgan fingerprint density at radius 1 is 0.867 bits per heavy atom. The van der Waals surface area contributed by atoms with E-state index in [1.54, 1.807) is 13.0 Å². The van der Waals surface area contributed by atoms with Crippen molar-refractivity contribution < 1.29 is 16.8 Å². The van der Waals surface area contributed by atoms with Crippen LogP contribution in [0.2, 0.25) is 0 Å². The Morgan fingerprint density at radius 2 is 1.33 bits per heavy atom. The molecular weight excluding hydrogens is 236 g/mol. The first-order chi connectivity index (χ1) is 6.62. The third-order valence-electron chi connectivity index (χ3n) is 1.90. The summed E-state index contributed by atoms with van der Waals surface area (Å²) in [5.41, 5.74) is 0.711. The standard InChI is InChI=1S/C9H12O4S2/c1-7-4-5-8(14(2,10)11)9(6-7)15(3,12)13/h4-6H,1-3H3. The van der Waals surface area contributed by atoms with E-state index in [2.05, 4.69) is 0 Å². The molecule has 0 unspecified atom stereocenters. The second-order valence-electron chi connectivity index (χ2n) is 3.49. The van der Waals surface area contributed by atoms with Crippen molar-refractivity contribution in [3.63, 3.8) is 0 Å². The van der Waals surface area contributed by atoms with Gasteiger partial charge in [0.2, 0.25) is 0 Å². The first-order valence-corrected chi connectivity index (χ1v) is 7.91. The van der Waals surface area contributed by atoms with Crippen LogP contribution in [0.5, 0.6) is 0 Å². The average molecular weight is 248 g/mol. The smallest absolute Gasteiger partial charge is 0.176 e. The van der Waals surface area contributed by atoms with E-state index in [4.69, 9.17) is 0 Å². The van der Waals surface area contributed by atoms with Gasteiger partial charge >= 0.3 is 0 Å². The maximum Gasteiger partial charge on any atom is 0.176 e. The molecule has 0 spiro atoms. The predicted octanol–water partition coefficient (Wildman–Crippen LogP) is 0.802. The molecule has 0 aliphatic heterocycles. The molecule has 0 saturated heterocycles. The lowest BCUT2D eigenvalue weighted by molar-refractivity contribution is 0.588. The minimum atomic E-state index is -3.52. The molecule has 6 heteroatoms. The van der Waals surface area contributed by atoms with Crippen LogP contribution in [0, 0.1) is 6.92 Å². The largest absolute Gasteiger partial charge is 0.224 e. The van der Waals surface area contributed by atoms with Gasteiger partial charge in [-0.15, -0.1) is 0 Å². The van der Waals surface area contributed by atoms with Crippen molar-refractivity contribution in [3.8, 4) is 0 Å².